The number of hydrogen-bond acceptors (Lipinski definition) is 0. The fourth-order valence-electron chi connectivity index (χ4n) is 0.743. The molecule has 0 saturated carbocycles. The molecule has 1 rings (SSSR count). The Kier molecular flexibility index (Phi) is 2.11. The predicted octanol–water partition coefficient (Wildman–Crippen LogP) is 1.83. The number of allylic oxidation sites excluding steroid dienone is 2. The van der Waals surface area contributed by atoms with Gasteiger partial charge in [-0.2, -0.15) is 0 Å². The standard InChI is InChI=1S/C4H5Cl.CH3.In/c1-2-3-4-5;;/h2-4H,1H2;1H3;. The van der Waals surface area contributed by atoms with E-state index in [1.807, 2.05) is 0 Å². The van der Waals surface area contributed by atoms with Gasteiger partial charge in [-0.05, 0) is 0 Å². The first kappa shape index (κ1) is 6.03. The second-order valence-corrected chi connectivity index (χ2v) is 12.8. The molecule has 7 heavy (non-hydrogen) atoms. The van der Waals surface area contributed by atoms with Crippen molar-refractivity contribution in [3.63, 3.8) is 0 Å². The van der Waals surface area contributed by atoms with Crippen LogP contribution in [-0.4, -0.2) is 24.6 Å². The van der Waals surface area contributed by atoms with Crippen LogP contribution in [0.15, 0.2) is 12.2 Å². The normalized spacial score (nSPS) is 29.4. The average Bonchev–Trinajstić information content (AvgIpc) is 1.91. The first-order chi connectivity index (χ1) is 3.30. The molecule has 1 unspecified atom stereocenters. The molecule has 0 aromatic carbocycles. The van der Waals surface area contributed by atoms with Crippen LogP contribution in [0.25, 0.3) is 0 Å². The van der Waals surface area contributed by atoms with Crippen molar-refractivity contribution in [3.8, 4) is 0 Å². The molecule has 1 aliphatic rings. The van der Waals surface area contributed by atoms with E-state index >= 15 is 0 Å². The third-order valence-corrected chi connectivity index (χ3v) is 11.0. The Morgan fingerprint density at radius 3 is 2.71 bits per heavy atom. The number of hydrogen-bond donors (Lipinski definition) is 0. The molecule has 1 aliphatic heterocycles. The van der Waals surface area contributed by atoms with Gasteiger partial charge in [-0.15, -0.1) is 0 Å². The third-order valence-electron chi connectivity index (χ3n) is 1.37. The third kappa shape index (κ3) is 1.39. The Morgan fingerprint density at radius 2 is 2.57 bits per heavy atom. The van der Waals surface area contributed by atoms with Crippen LogP contribution in [0, 0.1) is 0 Å². The first-order valence-corrected chi connectivity index (χ1v) is 10.6. The summed E-state index contributed by atoms with van der Waals surface area (Å²) in [5, 5.41) is 0. The summed E-state index contributed by atoms with van der Waals surface area (Å²) in [6.45, 7) is 0. The summed E-state index contributed by atoms with van der Waals surface area (Å²) in [5.41, 5.74) is 0. The van der Waals surface area contributed by atoms with Crippen molar-refractivity contribution in [1.29, 1.82) is 0 Å². The topological polar surface area (TPSA) is 0 Å². The van der Waals surface area contributed by atoms with Crippen molar-refractivity contribution in [2.75, 3.05) is 0 Å². The maximum absolute atomic E-state index is 5.87. The Balaban J connectivity index is 2.45. The molecule has 0 nitrogen and oxygen atoms in total. The van der Waals surface area contributed by atoms with Crippen molar-refractivity contribution >= 4 is 33.0 Å². The molecule has 0 radical (unpaired) electrons. The van der Waals surface area contributed by atoms with E-state index < -0.39 is 21.4 Å². The Bertz CT molecular complexity index is 90.1. The quantitative estimate of drug-likeness (QED) is 0.430. The van der Waals surface area contributed by atoms with Gasteiger partial charge in [0.15, 0.2) is 0 Å². The molecule has 0 spiro atoms. The van der Waals surface area contributed by atoms with Gasteiger partial charge in [0, 0.05) is 0 Å². The molecule has 0 aliphatic carbocycles. The summed E-state index contributed by atoms with van der Waals surface area (Å²) < 4.78 is 4.26. The van der Waals surface area contributed by atoms with E-state index in [1.165, 1.54) is 4.18 Å². The zero-order chi connectivity index (χ0) is 5.28. The number of halogens is 1. The van der Waals surface area contributed by atoms with Gasteiger partial charge >= 0.3 is 57.2 Å². The van der Waals surface area contributed by atoms with Crippen LogP contribution in [-0.2, 0) is 0 Å². The molecule has 0 saturated heterocycles. The van der Waals surface area contributed by atoms with Crippen LogP contribution in [0.3, 0.4) is 0 Å². The van der Waals surface area contributed by atoms with Crippen molar-refractivity contribution in [1.82, 2.24) is 0 Å². The van der Waals surface area contributed by atoms with Gasteiger partial charge < -0.3 is 0 Å². The van der Waals surface area contributed by atoms with Crippen LogP contribution in [0.5, 0.6) is 0 Å². The zero-order valence-corrected chi connectivity index (χ0v) is 8.45. The maximum atomic E-state index is 5.87. The molecular formula is C5H8ClIn. The van der Waals surface area contributed by atoms with E-state index in [9.17, 15) is 0 Å². The Labute approximate surface area is 57.1 Å². The fraction of sp³-hybridized carbons (Fsp3) is 0.600. The first-order valence-electron chi connectivity index (χ1n) is 2.61. The molecule has 0 bridgehead atoms. The van der Waals surface area contributed by atoms with E-state index in [0.29, 0.717) is 3.13 Å². The molecule has 0 amide bonds. The van der Waals surface area contributed by atoms with E-state index in [1.54, 1.807) is 0 Å². The zero-order valence-electron chi connectivity index (χ0n) is 4.39. The summed E-state index contributed by atoms with van der Waals surface area (Å²) in [6.07, 6.45) is 4.39. The SMILES string of the molecule is [CH3][In]1[CH2]C=C[CH]1Cl. The van der Waals surface area contributed by atoms with Crippen LogP contribution in [0.4, 0.5) is 0 Å². The number of rotatable bonds is 0. The van der Waals surface area contributed by atoms with Gasteiger partial charge in [0.25, 0.3) is 0 Å². The molecule has 1 atom stereocenters. The molecule has 0 aromatic heterocycles. The van der Waals surface area contributed by atoms with E-state index in [2.05, 4.69) is 16.8 Å². The molecular weight excluding hydrogens is 210 g/mol. The monoisotopic (exact) mass is 218 g/mol. The van der Waals surface area contributed by atoms with E-state index in [4.69, 9.17) is 11.6 Å². The van der Waals surface area contributed by atoms with Gasteiger partial charge in [-0.3, -0.25) is 0 Å². The van der Waals surface area contributed by atoms with Crippen LogP contribution in [0.1, 0.15) is 0 Å². The Morgan fingerprint density at radius 1 is 1.86 bits per heavy atom. The minimum atomic E-state index is -1.08. The summed E-state index contributed by atoms with van der Waals surface area (Å²) in [4.78, 5) is 0. The van der Waals surface area contributed by atoms with Crippen LogP contribution >= 0.6 is 11.6 Å². The summed E-state index contributed by atoms with van der Waals surface area (Å²) in [5.74, 6) is 0. The number of alkyl halides is 1. The molecule has 38 valence electrons. The van der Waals surface area contributed by atoms with Gasteiger partial charge in [-0.1, -0.05) is 0 Å². The fourth-order valence-corrected chi connectivity index (χ4v) is 5.48. The summed E-state index contributed by atoms with van der Waals surface area (Å²) in [7, 11) is 0. The van der Waals surface area contributed by atoms with Crippen LogP contribution in [0.2, 0.25) is 8.86 Å². The predicted molar refractivity (Wildman–Crippen MR) is 35.2 cm³/mol. The second-order valence-electron chi connectivity index (χ2n) is 2.09. The van der Waals surface area contributed by atoms with E-state index in [-0.39, 0.29) is 0 Å². The van der Waals surface area contributed by atoms with Crippen LogP contribution < -0.4 is 0 Å². The molecule has 0 N–H and O–H groups in total. The molecule has 0 fully saturated rings. The van der Waals surface area contributed by atoms with Crippen molar-refractivity contribution in [2.45, 2.75) is 12.0 Å². The van der Waals surface area contributed by atoms with Crippen molar-refractivity contribution < 1.29 is 0 Å². The van der Waals surface area contributed by atoms with Gasteiger partial charge in [0.1, 0.15) is 0 Å². The van der Waals surface area contributed by atoms with Gasteiger partial charge in [-0.25, -0.2) is 0 Å². The summed E-state index contributed by atoms with van der Waals surface area (Å²) >= 11 is 4.79. The molecule has 1 heterocycles. The molecule has 2 heteroatoms. The molecule has 0 aromatic rings. The average molecular weight is 218 g/mol. The summed E-state index contributed by atoms with van der Waals surface area (Å²) in [6, 6.07) is 0. The van der Waals surface area contributed by atoms with E-state index in [0.717, 1.165) is 0 Å². The van der Waals surface area contributed by atoms with Crippen molar-refractivity contribution in [3.05, 3.63) is 12.2 Å². The van der Waals surface area contributed by atoms with Crippen molar-refractivity contribution in [2.24, 2.45) is 0 Å². The Hall–Kier alpha value is 0.900. The van der Waals surface area contributed by atoms with Gasteiger partial charge in [0.2, 0.25) is 0 Å². The van der Waals surface area contributed by atoms with Gasteiger partial charge in [0.05, 0.1) is 0 Å². The minimum absolute atomic E-state index is 0.516. The second kappa shape index (κ2) is 2.45.